The number of thiophene rings is 1. The molecule has 2 nitrogen and oxygen atoms in total. The summed E-state index contributed by atoms with van der Waals surface area (Å²) in [5, 5.41) is 0. The number of hydrogen-bond donors (Lipinski definition) is 0. The Morgan fingerprint density at radius 3 is 3.07 bits per heavy atom. The lowest BCUT2D eigenvalue weighted by Gasteiger charge is -2.06. The van der Waals surface area contributed by atoms with Crippen LogP contribution in [0.5, 0.6) is 0 Å². The smallest absolute Gasteiger partial charge is 0.175 e. The van der Waals surface area contributed by atoms with Crippen LogP contribution in [-0.2, 0) is 4.74 Å². The predicted molar refractivity (Wildman–Crippen MR) is 62.0 cm³/mol. The summed E-state index contributed by atoms with van der Waals surface area (Å²) in [7, 11) is 0. The highest BCUT2D eigenvalue weighted by Gasteiger charge is 2.21. The molecule has 1 aromatic heterocycles. The number of hydrogen-bond acceptors (Lipinski definition) is 3. The van der Waals surface area contributed by atoms with Crippen LogP contribution in [0.2, 0.25) is 4.34 Å². The fraction of sp³-hybridized carbons (Fsp3) is 0.545. The monoisotopic (exact) mass is 244 g/mol. The molecule has 2 heterocycles. The van der Waals surface area contributed by atoms with E-state index in [1.807, 2.05) is 13.0 Å². The maximum absolute atomic E-state index is 11.8. The van der Waals surface area contributed by atoms with Crippen molar-refractivity contribution in [3.05, 3.63) is 20.8 Å². The van der Waals surface area contributed by atoms with Gasteiger partial charge in [0.1, 0.15) is 0 Å². The molecule has 1 aliphatic rings. The zero-order valence-corrected chi connectivity index (χ0v) is 10.2. The average Bonchev–Trinajstić information content (AvgIpc) is 2.78. The lowest BCUT2D eigenvalue weighted by molar-refractivity contribution is 0.0779. The van der Waals surface area contributed by atoms with Gasteiger partial charge < -0.3 is 4.74 Å². The van der Waals surface area contributed by atoms with E-state index in [9.17, 15) is 4.79 Å². The maximum atomic E-state index is 11.8. The van der Waals surface area contributed by atoms with Crippen molar-refractivity contribution in [2.75, 3.05) is 6.61 Å². The highest BCUT2D eigenvalue weighted by Crippen LogP contribution is 2.28. The Hall–Kier alpha value is -0.380. The summed E-state index contributed by atoms with van der Waals surface area (Å²) in [6.45, 7) is 2.71. The molecule has 0 saturated carbocycles. The number of Topliss-reactive ketones (excluding diaryl/α,β-unsaturated/α-hetero) is 1. The lowest BCUT2D eigenvalue weighted by atomic mass is 10.1. The molecule has 1 aliphatic heterocycles. The minimum atomic E-state index is 0.124. The Morgan fingerprint density at radius 1 is 1.73 bits per heavy atom. The summed E-state index contributed by atoms with van der Waals surface area (Å²) in [4.78, 5) is 12.6. The van der Waals surface area contributed by atoms with E-state index in [0.717, 1.165) is 29.9 Å². The summed E-state index contributed by atoms with van der Waals surface area (Å²) < 4.78 is 6.15. The molecule has 1 aromatic rings. The van der Waals surface area contributed by atoms with E-state index in [2.05, 4.69) is 0 Å². The van der Waals surface area contributed by atoms with Gasteiger partial charge in [-0.25, -0.2) is 0 Å². The van der Waals surface area contributed by atoms with Crippen molar-refractivity contribution in [1.82, 2.24) is 0 Å². The molecule has 0 radical (unpaired) electrons. The third-order valence-corrected chi connectivity index (χ3v) is 4.17. The van der Waals surface area contributed by atoms with Crippen LogP contribution >= 0.6 is 22.9 Å². The van der Waals surface area contributed by atoms with Crippen molar-refractivity contribution < 1.29 is 9.53 Å². The van der Waals surface area contributed by atoms with Gasteiger partial charge in [0.05, 0.1) is 15.3 Å². The third kappa shape index (κ3) is 2.60. The van der Waals surface area contributed by atoms with Crippen LogP contribution in [0.4, 0.5) is 0 Å². The molecule has 15 heavy (non-hydrogen) atoms. The Kier molecular flexibility index (Phi) is 3.44. The number of halogens is 1. The first-order chi connectivity index (χ1) is 7.16. The van der Waals surface area contributed by atoms with Gasteiger partial charge in [0.2, 0.25) is 0 Å². The van der Waals surface area contributed by atoms with Crippen molar-refractivity contribution in [3.8, 4) is 0 Å². The molecule has 0 spiro atoms. The molecule has 2 rings (SSSR count). The van der Waals surface area contributed by atoms with Crippen LogP contribution in [-0.4, -0.2) is 18.5 Å². The Morgan fingerprint density at radius 2 is 2.53 bits per heavy atom. The number of ketones is 1. The van der Waals surface area contributed by atoms with Crippen LogP contribution in [0, 0.1) is 6.92 Å². The summed E-state index contributed by atoms with van der Waals surface area (Å²) in [5.41, 5.74) is 0.984. The first-order valence-corrected chi connectivity index (χ1v) is 6.27. The second-order valence-corrected chi connectivity index (χ2v) is 5.48. The van der Waals surface area contributed by atoms with E-state index in [0.29, 0.717) is 10.8 Å². The minimum Gasteiger partial charge on any atom is -0.378 e. The Bertz CT molecular complexity index is 347. The van der Waals surface area contributed by atoms with Crippen molar-refractivity contribution >= 4 is 28.7 Å². The Balaban J connectivity index is 2.00. The topological polar surface area (TPSA) is 26.3 Å². The molecule has 0 N–H and O–H groups in total. The van der Waals surface area contributed by atoms with E-state index >= 15 is 0 Å². The quantitative estimate of drug-likeness (QED) is 0.762. The predicted octanol–water partition coefficient (Wildman–Crippen LogP) is 3.46. The highest BCUT2D eigenvalue weighted by molar-refractivity contribution is 7.18. The molecule has 82 valence electrons. The zero-order chi connectivity index (χ0) is 10.8. The Labute approximate surface area is 98.2 Å². The molecule has 0 aromatic carbocycles. The normalized spacial score (nSPS) is 20.8. The molecule has 1 atom stereocenters. The van der Waals surface area contributed by atoms with Crippen LogP contribution in [0.25, 0.3) is 0 Å². The van der Waals surface area contributed by atoms with E-state index in [-0.39, 0.29) is 11.9 Å². The van der Waals surface area contributed by atoms with E-state index in [1.165, 1.54) is 11.3 Å². The number of ether oxygens (including phenoxy) is 1. The molecular weight excluding hydrogens is 232 g/mol. The largest absolute Gasteiger partial charge is 0.378 e. The lowest BCUT2D eigenvalue weighted by Crippen LogP contribution is -2.11. The number of carbonyl (C=O) groups is 1. The summed E-state index contributed by atoms with van der Waals surface area (Å²) in [5.74, 6) is 0.155. The number of aryl methyl sites for hydroxylation is 1. The van der Waals surface area contributed by atoms with Crippen molar-refractivity contribution in [2.45, 2.75) is 32.3 Å². The molecular formula is C11H13ClO2S. The van der Waals surface area contributed by atoms with Crippen molar-refractivity contribution in [1.29, 1.82) is 0 Å². The SMILES string of the molecule is Cc1cc(C(=O)CC2CCCO2)sc1Cl. The fourth-order valence-electron chi connectivity index (χ4n) is 1.71. The van der Waals surface area contributed by atoms with Gasteiger partial charge >= 0.3 is 0 Å². The zero-order valence-electron chi connectivity index (χ0n) is 8.59. The van der Waals surface area contributed by atoms with Gasteiger partial charge in [-0.15, -0.1) is 11.3 Å². The minimum absolute atomic E-state index is 0.124. The molecule has 0 aliphatic carbocycles. The van der Waals surface area contributed by atoms with Gasteiger partial charge in [0.25, 0.3) is 0 Å². The molecule has 4 heteroatoms. The van der Waals surface area contributed by atoms with Gasteiger partial charge in [-0.1, -0.05) is 11.6 Å². The average molecular weight is 245 g/mol. The van der Waals surface area contributed by atoms with Gasteiger partial charge in [-0.2, -0.15) is 0 Å². The standard InChI is InChI=1S/C11H13ClO2S/c1-7-5-10(15-11(7)12)9(13)6-8-3-2-4-14-8/h5,8H,2-4,6H2,1H3. The third-order valence-electron chi connectivity index (χ3n) is 2.57. The van der Waals surface area contributed by atoms with Crippen molar-refractivity contribution in [3.63, 3.8) is 0 Å². The summed E-state index contributed by atoms with van der Waals surface area (Å²) >= 11 is 7.29. The number of carbonyl (C=O) groups excluding carboxylic acids is 1. The summed E-state index contributed by atoms with van der Waals surface area (Å²) in [6.07, 6.45) is 2.70. The van der Waals surface area contributed by atoms with Crippen LogP contribution in [0.1, 0.15) is 34.5 Å². The van der Waals surface area contributed by atoms with Gasteiger partial charge in [0, 0.05) is 13.0 Å². The second-order valence-electron chi connectivity index (χ2n) is 3.83. The fourth-order valence-corrected chi connectivity index (χ4v) is 2.86. The van der Waals surface area contributed by atoms with Gasteiger partial charge in [-0.3, -0.25) is 4.79 Å². The van der Waals surface area contributed by atoms with Gasteiger partial charge in [0.15, 0.2) is 5.78 Å². The molecule has 1 fully saturated rings. The first-order valence-electron chi connectivity index (χ1n) is 5.07. The van der Waals surface area contributed by atoms with Crippen LogP contribution in [0.3, 0.4) is 0 Å². The van der Waals surface area contributed by atoms with E-state index < -0.39 is 0 Å². The first kappa shape index (κ1) is 11.1. The molecule has 1 saturated heterocycles. The molecule has 0 amide bonds. The van der Waals surface area contributed by atoms with Crippen LogP contribution < -0.4 is 0 Å². The van der Waals surface area contributed by atoms with Crippen LogP contribution in [0.15, 0.2) is 6.07 Å². The van der Waals surface area contributed by atoms with E-state index in [1.54, 1.807) is 0 Å². The molecule has 0 bridgehead atoms. The number of rotatable bonds is 3. The molecule has 1 unspecified atom stereocenters. The maximum Gasteiger partial charge on any atom is 0.175 e. The van der Waals surface area contributed by atoms with Crippen molar-refractivity contribution in [2.24, 2.45) is 0 Å². The van der Waals surface area contributed by atoms with E-state index in [4.69, 9.17) is 16.3 Å². The second kappa shape index (κ2) is 4.64. The van der Waals surface area contributed by atoms with Gasteiger partial charge in [-0.05, 0) is 31.4 Å². The summed E-state index contributed by atoms with van der Waals surface area (Å²) in [6, 6.07) is 1.87. The highest BCUT2D eigenvalue weighted by atomic mass is 35.5.